The van der Waals surface area contributed by atoms with Gasteiger partial charge in [-0.15, -0.1) is 0 Å². The van der Waals surface area contributed by atoms with Crippen LogP contribution in [0.4, 0.5) is 4.39 Å². The molecule has 1 amide bonds. The average molecular weight is 268 g/mol. The van der Waals surface area contributed by atoms with Gasteiger partial charge in [-0.1, -0.05) is 12.1 Å². The fourth-order valence-electron chi connectivity index (χ4n) is 2.04. The number of nitrogens with two attached hydrogens (primary N) is 1. The maximum atomic E-state index is 13.6. The standard InChI is InChI=1S/C13H17FN2O3/c1-7(15)13(18)16-10-5-6-19-12-8(11(10)17)3-2-4-9(12)14/h2-4,7,10-11,17H,5-6,15H2,1H3,(H,16,18). The third-order valence-corrected chi connectivity index (χ3v) is 3.11. The predicted octanol–water partition coefficient (Wildman–Crippen LogP) is 0.474. The quantitative estimate of drug-likeness (QED) is 0.728. The van der Waals surface area contributed by atoms with E-state index >= 15 is 0 Å². The van der Waals surface area contributed by atoms with Crippen LogP contribution in [-0.2, 0) is 4.79 Å². The van der Waals surface area contributed by atoms with Crippen molar-refractivity contribution in [2.75, 3.05) is 6.61 Å². The number of carbonyl (C=O) groups is 1. The highest BCUT2D eigenvalue weighted by Gasteiger charge is 2.30. The summed E-state index contributed by atoms with van der Waals surface area (Å²) < 4.78 is 18.9. The highest BCUT2D eigenvalue weighted by atomic mass is 19.1. The van der Waals surface area contributed by atoms with Gasteiger partial charge < -0.3 is 20.9 Å². The van der Waals surface area contributed by atoms with Crippen molar-refractivity contribution < 1.29 is 19.0 Å². The Morgan fingerprint density at radius 2 is 2.37 bits per heavy atom. The van der Waals surface area contributed by atoms with Crippen LogP contribution in [0.25, 0.3) is 0 Å². The van der Waals surface area contributed by atoms with Crippen molar-refractivity contribution in [3.05, 3.63) is 29.6 Å². The smallest absolute Gasteiger partial charge is 0.236 e. The minimum absolute atomic E-state index is 0.0487. The number of fused-ring (bicyclic) bond motifs is 1. The first kappa shape index (κ1) is 13.8. The number of ether oxygens (including phenoxy) is 1. The van der Waals surface area contributed by atoms with Crippen LogP contribution in [0.3, 0.4) is 0 Å². The summed E-state index contributed by atoms with van der Waals surface area (Å²) in [6.45, 7) is 1.78. The van der Waals surface area contributed by atoms with Crippen LogP contribution in [0.2, 0.25) is 0 Å². The number of amides is 1. The van der Waals surface area contributed by atoms with Gasteiger partial charge in [-0.3, -0.25) is 4.79 Å². The Morgan fingerprint density at radius 3 is 3.05 bits per heavy atom. The van der Waals surface area contributed by atoms with E-state index in [4.69, 9.17) is 10.5 Å². The van der Waals surface area contributed by atoms with Gasteiger partial charge >= 0.3 is 0 Å². The number of hydrogen-bond donors (Lipinski definition) is 3. The third-order valence-electron chi connectivity index (χ3n) is 3.11. The zero-order valence-corrected chi connectivity index (χ0v) is 10.6. The number of para-hydroxylation sites is 1. The normalized spacial score (nSPS) is 23.8. The molecule has 0 fully saturated rings. The molecule has 1 heterocycles. The Kier molecular flexibility index (Phi) is 4.01. The molecular formula is C13H17FN2O3. The molecule has 19 heavy (non-hydrogen) atoms. The van der Waals surface area contributed by atoms with Crippen molar-refractivity contribution >= 4 is 5.91 Å². The van der Waals surface area contributed by atoms with E-state index in [0.29, 0.717) is 12.0 Å². The SMILES string of the molecule is CC(N)C(=O)NC1CCOc2c(F)cccc2C1O. The molecule has 3 unspecified atom stereocenters. The van der Waals surface area contributed by atoms with Crippen LogP contribution in [-0.4, -0.2) is 29.7 Å². The number of benzene rings is 1. The third kappa shape index (κ3) is 2.85. The molecular weight excluding hydrogens is 251 g/mol. The molecule has 0 radical (unpaired) electrons. The van der Waals surface area contributed by atoms with E-state index in [1.54, 1.807) is 13.0 Å². The maximum Gasteiger partial charge on any atom is 0.236 e. The molecule has 104 valence electrons. The molecule has 6 heteroatoms. The van der Waals surface area contributed by atoms with Crippen molar-refractivity contribution in [1.29, 1.82) is 0 Å². The van der Waals surface area contributed by atoms with E-state index in [1.807, 2.05) is 0 Å². The van der Waals surface area contributed by atoms with Gasteiger partial charge in [0.05, 0.1) is 18.7 Å². The summed E-state index contributed by atoms with van der Waals surface area (Å²) in [5.41, 5.74) is 5.81. The molecule has 1 aromatic rings. The average Bonchev–Trinajstić information content (AvgIpc) is 2.52. The van der Waals surface area contributed by atoms with E-state index in [0.717, 1.165) is 0 Å². The second-order valence-electron chi connectivity index (χ2n) is 4.64. The lowest BCUT2D eigenvalue weighted by atomic mass is 9.99. The van der Waals surface area contributed by atoms with Crippen molar-refractivity contribution in [2.45, 2.75) is 31.5 Å². The number of aliphatic hydroxyl groups excluding tert-OH is 1. The minimum Gasteiger partial charge on any atom is -0.490 e. The Balaban J connectivity index is 2.24. The van der Waals surface area contributed by atoms with Gasteiger partial charge in [0.1, 0.15) is 6.10 Å². The summed E-state index contributed by atoms with van der Waals surface area (Å²) in [6, 6.07) is 3.15. The first-order valence-corrected chi connectivity index (χ1v) is 6.16. The van der Waals surface area contributed by atoms with Crippen LogP contribution < -0.4 is 15.8 Å². The van der Waals surface area contributed by atoms with Crippen molar-refractivity contribution in [1.82, 2.24) is 5.32 Å². The summed E-state index contributed by atoms with van der Waals surface area (Å²) in [7, 11) is 0. The molecule has 1 aromatic carbocycles. The molecule has 0 saturated carbocycles. The Labute approximate surface area is 110 Å². The fraction of sp³-hybridized carbons (Fsp3) is 0.462. The molecule has 0 saturated heterocycles. The van der Waals surface area contributed by atoms with E-state index in [9.17, 15) is 14.3 Å². The summed E-state index contributed by atoms with van der Waals surface area (Å²) in [4.78, 5) is 11.6. The van der Waals surface area contributed by atoms with Gasteiger partial charge in [0.2, 0.25) is 5.91 Å². The highest BCUT2D eigenvalue weighted by molar-refractivity contribution is 5.81. The Morgan fingerprint density at radius 1 is 1.63 bits per heavy atom. The highest BCUT2D eigenvalue weighted by Crippen LogP contribution is 2.33. The number of rotatable bonds is 2. The Bertz CT molecular complexity index is 479. The van der Waals surface area contributed by atoms with Crippen molar-refractivity contribution in [2.24, 2.45) is 5.73 Å². The summed E-state index contributed by atoms with van der Waals surface area (Å²) in [5.74, 6) is -0.827. The summed E-state index contributed by atoms with van der Waals surface area (Å²) in [6.07, 6.45) is -0.635. The maximum absolute atomic E-state index is 13.6. The first-order valence-electron chi connectivity index (χ1n) is 6.16. The predicted molar refractivity (Wildman–Crippen MR) is 67.1 cm³/mol. The van der Waals surface area contributed by atoms with Crippen LogP contribution >= 0.6 is 0 Å². The van der Waals surface area contributed by atoms with Gasteiger partial charge in [0, 0.05) is 12.0 Å². The number of aliphatic hydroxyl groups is 1. The first-order chi connectivity index (χ1) is 9.00. The van der Waals surface area contributed by atoms with Crippen LogP contribution in [0.5, 0.6) is 5.75 Å². The molecule has 0 spiro atoms. The van der Waals surface area contributed by atoms with Gasteiger partial charge in [0.25, 0.3) is 0 Å². The molecule has 0 aliphatic carbocycles. The monoisotopic (exact) mass is 268 g/mol. The Hall–Kier alpha value is -1.66. The molecule has 2 rings (SSSR count). The van der Waals surface area contributed by atoms with Crippen LogP contribution in [0.1, 0.15) is 25.0 Å². The lowest BCUT2D eigenvalue weighted by Gasteiger charge is -2.22. The van der Waals surface area contributed by atoms with E-state index in [-0.39, 0.29) is 18.3 Å². The lowest BCUT2D eigenvalue weighted by Crippen LogP contribution is -2.46. The molecule has 0 bridgehead atoms. The zero-order chi connectivity index (χ0) is 14.0. The van der Waals surface area contributed by atoms with Gasteiger partial charge in [0.15, 0.2) is 11.6 Å². The molecule has 3 atom stereocenters. The molecule has 5 nitrogen and oxygen atoms in total. The lowest BCUT2D eigenvalue weighted by molar-refractivity contribution is -0.123. The number of hydrogen-bond acceptors (Lipinski definition) is 4. The van der Waals surface area contributed by atoms with Gasteiger partial charge in [-0.05, 0) is 13.0 Å². The second-order valence-corrected chi connectivity index (χ2v) is 4.64. The molecule has 1 aliphatic rings. The summed E-state index contributed by atoms with van der Waals surface area (Å²) >= 11 is 0. The van der Waals surface area contributed by atoms with Crippen molar-refractivity contribution in [3.63, 3.8) is 0 Å². The number of halogens is 1. The van der Waals surface area contributed by atoms with Gasteiger partial charge in [-0.25, -0.2) is 4.39 Å². The topological polar surface area (TPSA) is 84.6 Å². The van der Waals surface area contributed by atoms with E-state index in [2.05, 4.69) is 5.32 Å². The zero-order valence-electron chi connectivity index (χ0n) is 10.6. The second kappa shape index (κ2) is 5.54. The molecule has 1 aliphatic heterocycles. The van der Waals surface area contributed by atoms with E-state index < -0.39 is 24.0 Å². The minimum atomic E-state index is -1.02. The number of carbonyl (C=O) groups excluding carboxylic acids is 1. The molecule has 4 N–H and O–H groups in total. The van der Waals surface area contributed by atoms with Crippen molar-refractivity contribution in [3.8, 4) is 5.75 Å². The molecule has 0 aromatic heterocycles. The number of nitrogens with one attached hydrogen (secondary N) is 1. The summed E-state index contributed by atoms with van der Waals surface area (Å²) in [5, 5.41) is 12.9. The fourth-order valence-corrected chi connectivity index (χ4v) is 2.04. The van der Waals surface area contributed by atoms with Crippen LogP contribution in [0.15, 0.2) is 18.2 Å². The largest absolute Gasteiger partial charge is 0.490 e. The van der Waals surface area contributed by atoms with E-state index in [1.165, 1.54) is 12.1 Å². The van der Waals surface area contributed by atoms with Gasteiger partial charge in [-0.2, -0.15) is 0 Å². The van der Waals surface area contributed by atoms with Crippen LogP contribution in [0, 0.1) is 5.82 Å².